The van der Waals surface area contributed by atoms with Crippen molar-refractivity contribution in [3.8, 4) is 5.88 Å². The molecule has 1 fully saturated rings. The Morgan fingerprint density at radius 3 is 2.77 bits per heavy atom. The lowest BCUT2D eigenvalue weighted by atomic mass is 10.3. The minimum Gasteiger partial charge on any atom is -0.480 e. The Balaban J connectivity index is 2.41. The first-order chi connectivity index (χ1) is 6.36. The van der Waals surface area contributed by atoms with Crippen molar-refractivity contribution >= 4 is 11.8 Å². The third-order valence-electron chi connectivity index (χ3n) is 2.16. The van der Waals surface area contributed by atoms with Gasteiger partial charge in [0.25, 0.3) is 0 Å². The van der Waals surface area contributed by atoms with Gasteiger partial charge < -0.3 is 4.74 Å². The molecule has 0 aliphatic heterocycles. The Morgan fingerprint density at radius 1 is 1.46 bits per heavy atom. The highest BCUT2D eigenvalue weighted by Gasteiger charge is 2.29. The van der Waals surface area contributed by atoms with E-state index >= 15 is 0 Å². The molecule has 0 unspecified atom stereocenters. The van der Waals surface area contributed by atoms with Gasteiger partial charge in [0.15, 0.2) is 0 Å². The zero-order chi connectivity index (χ0) is 9.26. The summed E-state index contributed by atoms with van der Waals surface area (Å²) in [6.07, 6.45) is 6.14. The maximum absolute atomic E-state index is 5.18. The standard InChI is InChI=1S/C9H12N2OS/c1-12-9-8(13-2)7(6-3-4-6)10-5-11-9/h5-6H,3-4H2,1-2H3. The van der Waals surface area contributed by atoms with Crippen molar-refractivity contribution in [2.75, 3.05) is 13.4 Å². The van der Waals surface area contributed by atoms with Crippen molar-refractivity contribution in [1.82, 2.24) is 9.97 Å². The zero-order valence-corrected chi connectivity index (χ0v) is 8.60. The highest BCUT2D eigenvalue weighted by molar-refractivity contribution is 7.98. The molecule has 0 radical (unpaired) electrons. The van der Waals surface area contributed by atoms with E-state index in [-0.39, 0.29) is 0 Å². The highest BCUT2D eigenvalue weighted by Crippen LogP contribution is 2.44. The van der Waals surface area contributed by atoms with Crippen molar-refractivity contribution in [1.29, 1.82) is 0 Å². The van der Waals surface area contributed by atoms with Crippen LogP contribution in [0.3, 0.4) is 0 Å². The second kappa shape index (κ2) is 3.54. The lowest BCUT2D eigenvalue weighted by molar-refractivity contribution is 0.384. The first-order valence-electron chi connectivity index (χ1n) is 4.29. The molecule has 70 valence electrons. The minimum atomic E-state index is 0.652. The first-order valence-corrected chi connectivity index (χ1v) is 5.52. The first kappa shape index (κ1) is 8.81. The smallest absolute Gasteiger partial charge is 0.230 e. The monoisotopic (exact) mass is 196 g/mol. The highest BCUT2D eigenvalue weighted by atomic mass is 32.2. The van der Waals surface area contributed by atoms with E-state index in [0.29, 0.717) is 11.8 Å². The van der Waals surface area contributed by atoms with Crippen LogP contribution in [-0.4, -0.2) is 23.3 Å². The number of aromatic nitrogens is 2. The van der Waals surface area contributed by atoms with Crippen LogP contribution in [0.25, 0.3) is 0 Å². The largest absolute Gasteiger partial charge is 0.480 e. The molecule has 0 N–H and O–H groups in total. The average molecular weight is 196 g/mol. The number of thioether (sulfide) groups is 1. The van der Waals surface area contributed by atoms with Gasteiger partial charge in [-0.05, 0) is 19.1 Å². The lowest BCUT2D eigenvalue weighted by Crippen LogP contribution is -1.97. The molecule has 0 spiro atoms. The summed E-state index contributed by atoms with van der Waals surface area (Å²) in [4.78, 5) is 9.50. The number of methoxy groups -OCH3 is 1. The molecular weight excluding hydrogens is 184 g/mol. The van der Waals surface area contributed by atoms with Gasteiger partial charge in [-0.1, -0.05) is 0 Å². The number of rotatable bonds is 3. The second-order valence-electron chi connectivity index (χ2n) is 3.08. The molecule has 0 atom stereocenters. The van der Waals surface area contributed by atoms with Crippen molar-refractivity contribution in [3.63, 3.8) is 0 Å². The number of nitrogens with zero attached hydrogens (tertiary/aromatic N) is 2. The molecule has 1 aromatic rings. The molecule has 0 aromatic carbocycles. The molecule has 0 amide bonds. The molecule has 1 aliphatic rings. The van der Waals surface area contributed by atoms with Gasteiger partial charge in [-0.15, -0.1) is 11.8 Å². The van der Waals surface area contributed by atoms with E-state index < -0.39 is 0 Å². The van der Waals surface area contributed by atoms with E-state index in [1.807, 2.05) is 6.26 Å². The van der Waals surface area contributed by atoms with E-state index in [2.05, 4.69) is 9.97 Å². The zero-order valence-electron chi connectivity index (χ0n) is 7.78. The summed E-state index contributed by atoms with van der Waals surface area (Å²) in [6, 6.07) is 0. The van der Waals surface area contributed by atoms with Gasteiger partial charge in [0.2, 0.25) is 5.88 Å². The normalized spacial score (nSPS) is 15.8. The summed E-state index contributed by atoms with van der Waals surface area (Å²) >= 11 is 1.66. The predicted octanol–water partition coefficient (Wildman–Crippen LogP) is 2.08. The number of hydrogen-bond acceptors (Lipinski definition) is 4. The van der Waals surface area contributed by atoms with E-state index in [1.165, 1.54) is 18.5 Å². The molecule has 1 aromatic heterocycles. The number of hydrogen-bond donors (Lipinski definition) is 0. The van der Waals surface area contributed by atoms with Crippen LogP contribution >= 0.6 is 11.8 Å². The topological polar surface area (TPSA) is 35.0 Å². The quantitative estimate of drug-likeness (QED) is 0.693. The van der Waals surface area contributed by atoms with Crippen LogP contribution in [0.2, 0.25) is 0 Å². The fourth-order valence-electron chi connectivity index (χ4n) is 1.36. The van der Waals surface area contributed by atoms with Gasteiger partial charge in [0.05, 0.1) is 17.7 Å². The van der Waals surface area contributed by atoms with Crippen molar-refractivity contribution in [2.45, 2.75) is 23.7 Å². The molecular formula is C9H12N2OS. The second-order valence-corrected chi connectivity index (χ2v) is 3.89. The Hall–Kier alpha value is -0.770. The van der Waals surface area contributed by atoms with Gasteiger partial charge in [0.1, 0.15) is 6.33 Å². The molecule has 0 saturated heterocycles. The maximum Gasteiger partial charge on any atom is 0.230 e. The molecule has 13 heavy (non-hydrogen) atoms. The van der Waals surface area contributed by atoms with Crippen LogP contribution in [-0.2, 0) is 0 Å². The molecule has 2 rings (SSSR count). The van der Waals surface area contributed by atoms with Gasteiger partial charge in [-0.25, -0.2) is 9.97 Å². The Morgan fingerprint density at radius 2 is 2.23 bits per heavy atom. The molecule has 1 saturated carbocycles. The summed E-state index contributed by atoms with van der Waals surface area (Å²) in [5.41, 5.74) is 1.17. The van der Waals surface area contributed by atoms with Crippen LogP contribution in [0.5, 0.6) is 5.88 Å². The third-order valence-corrected chi connectivity index (χ3v) is 2.95. The van der Waals surface area contributed by atoms with Crippen molar-refractivity contribution < 1.29 is 4.74 Å². The minimum absolute atomic E-state index is 0.652. The van der Waals surface area contributed by atoms with E-state index in [4.69, 9.17) is 4.74 Å². The Labute approximate surface area is 81.9 Å². The SMILES string of the molecule is COc1ncnc(C2CC2)c1SC. The average Bonchev–Trinajstić information content (AvgIpc) is 2.99. The van der Waals surface area contributed by atoms with Crippen molar-refractivity contribution in [3.05, 3.63) is 12.0 Å². The van der Waals surface area contributed by atoms with E-state index in [0.717, 1.165) is 4.90 Å². The van der Waals surface area contributed by atoms with Gasteiger partial charge in [0, 0.05) is 5.92 Å². The molecule has 3 nitrogen and oxygen atoms in total. The molecule has 4 heteroatoms. The van der Waals surface area contributed by atoms with Gasteiger partial charge in [-0.2, -0.15) is 0 Å². The summed E-state index contributed by atoms with van der Waals surface area (Å²) in [5.74, 6) is 1.36. The third kappa shape index (κ3) is 1.63. The van der Waals surface area contributed by atoms with Gasteiger partial charge >= 0.3 is 0 Å². The fraction of sp³-hybridized carbons (Fsp3) is 0.556. The predicted molar refractivity (Wildman–Crippen MR) is 52.3 cm³/mol. The molecule has 1 aliphatic carbocycles. The van der Waals surface area contributed by atoms with Gasteiger partial charge in [-0.3, -0.25) is 0 Å². The summed E-state index contributed by atoms with van der Waals surface area (Å²) < 4.78 is 5.18. The molecule has 0 bridgehead atoms. The van der Waals surface area contributed by atoms with Crippen LogP contribution in [0.4, 0.5) is 0 Å². The Kier molecular flexibility index (Phi) is 2.40. The summed E-state index contributed by atoms with van der Waals surface area (Å²) in [5, 5.41) is 0. The number of ether oxygens (including phenoxy) is 1. The fourth-order valence-corrected chi connectivity index (χ4v) is 2.09. The van der Waals surface area contributed by atoms with E-state index in [9.17, 15) is 0 Å². The molecule has 1 heterocycles. The van der Waals surface area contributed by atoms with Crippen LogP contribution in [0, 0.1) is 0 Å². The van der Waals surface area contributed by atoms with E-state index in [1.54, 1.807) is 25.2 Å². The summed E-state index contributed by atoms with van der Waals surface area (Å²) in [7, 11) is 1.65. The van der Waals surface area contributed by atoms with Crippen LogP contribution < -0.4 is 4.74 Å². The van der Waals surface area contributed by atoms with Crippen molar-refractivity contribution in [2.24, 2.45) is 0 Å². The Bertz CT molecular complexity index is 312. The summed E-state index contributed by atoms with van der Waals surface area (Å²) in [6.45, 7) is 0. The van der Waals surface area contributed by atoms with Crippen LogP contribution in [0.15, 0.2) is 11.2 Å². The lowest BCUT2D eigenvalue weighted by Gasteiger charge is -2.08. The van der Waals surface area contributed by atoms with Crippen LogP contribution in [0.1, 0.15) is 24.5 Å². The maximum atomic E-state index is 5.18.